The van der Waals surface area contributed by atoms with Crippen LogP contribution in [0, 0.1) is 20.8 Å². The van der Waals surface area contributed by atoms with Gasteiger partial charge in [-0.1, -0.05) is 18.2 Å². The Kier molecular flexibility index (Phi) is 5.38. The fraction of sp³-hybridized carbons (Fsp3) is 0.190. The lowest BCUT2D eigenvalue weighted by Gasteiger charge is -2.11. The molecule has 1 aromatic carbocycles. The van der Waals surface area contributed by atoms with Crippen LogP contribution < -0.4 is 16.4 Å². The van der Waals surface area contributed by atoms with Crippen molar-refractivity contribution in [3.63, 3.8) is 0 Å². The first kappa shape index (κ1) is 20.5. The van der Waals surface area contributed by atoms with Gasteiger partial charge in [0.05, 0.1) is 16.1 Å². The molecule has 0 saturated heterocycles. The smallest absolute Gasteiger partial charge is 0.290 e. The van der Waals surface area contributed by atoms with E-state index in [4.69, 9.17) is 0 Å². The Morgan fingerprint density at radius 2 is 1.87 bits per heavy atom. The fourth-order valence-corrected chi connectivity index (χ4v) is 4.06. The number of nitrogens with zero attached hydrogens (tertiary/aromatic N) is 3. The quantitative estimate of drug-likeness (QED) is 0.424. The number of aromatic amines is 1. The molecule has 10 heteroatoms. The van der Waals surface area contributed by atoms with Crippen molar-refractivity contribution in [2.24, 2.45) is 0 Å². The summed E-state index contributed by atoms with van der Waals surface area (Å²) >= 11 is 1.57. The number of rotatable bonds is 4. The Labute approximate surface area is 181 Å². The molecule has 3 heterocycles. The maximum atomic E-state index is 12.5. The van der Waals surface area contributed by atoms with Gasteiger partial charge in [0.15, 0.2) is 5.69 Å². The fourth-order valence-electron chi connectivity index (χ4n) is 3.45. The number of thiazole rings is 1. The molecular weight excluding hydrogens is 416 g/mol. The molecule has 0 aliphatic carbocycles. The summed E-state index contributed by atoms with van der Waals surface area (Å²) in [5, 5.41) is 9.83. The molecule has 2 amide bonds. The number of benzene rings is 1. The van der Waals surface area contributed by atoms with Gasteiger partial charge in [-0.25, -0.2) is 10.1 Å². The SMILES string of the molecule is Cc1nc(-c2cc(C)n(CC(=O)NNC(=O)c3n[nH]c(=O)c4ccccc34)c2C)cs1. The molecule has 3 N–H and O–H groups in total. The van der Waals surface area contributed by atoms with E-state index in [9.17, 15) is 14.4 Å². The van der Waals surface area contributed by atoms with Gasteiger partial charge < -0.3 is 4.57 Å². The molecule has 0 bridgehead atoms. The van der Waals surface area contributed by atoms with Crippen molar-refractivity contribution in [3.8, 4) is 11.3 Å². The minimum absolute atomic E-state index is 0.0185. The molecule has 0 saturated carbocycles. The highest BCUT2D eigenvalue weighted by molar-refractivity contribution is 7.09. The summed E-state index contributed by atoms with van der Waals surface area (Å²) in [6, 6.07) is 8.63. The molecule has 0 aliphatic heterocycles. The van der Waals surface area contributed by atoms with Gasteiger partial charge in [-0.15, -0.1) is 11.3 Å². The first-order valence-electron chi connectivity index (χ1n) is 9.51. The number of hydrogen-bond acceptors (Lipinski definition) is 6. The maximum absolute atomic E-state index is 12.5. The number of nitrogens with one attached hydrogen (secondary N) is 3. The van der Waals surface area contributed by atoms with E-state index in [1.165, 1.54) is 0 Å². The molecule has 0 fully saturated rings. The Morgan fingerprint density at radius 3 is 2.58 bits per heavy atom. The molecular formula is C21H20N6O3S. The lowest BCUT2D eigenvalue weighted by Crippen LogP contribution is -2.43. The molecule has 0 aliphatic rings. The average molecular weight is 436 g/mol. The zero-order valence-corrected chi connectivity index (χ0v) is 18.0. The number of hydrazine groups is 1. The van der Waals surface area contributed by atoms with Crippen molar-refractivity contribution in [1.29, 1.82) is 0 Å². The van der Waals surface area contributed by atoms with Crippen LogP contribution in [0.25, 0.3) is 22.0 Å². The number of amides is 2. The Bertz CT molecular complexity index is 1370. The normalized spacial score (nSPS) is 10.9. The topological polar surface area (TPSA) is 122 Å². The number of hydrogen-bond donors (Lipinski definition) is 3. The Balaban J connectivity index is 1.47. The number of carbonyl (C=O) groups is 2. The average Bonchev–Trinajstić information content (AvgIpc) is 3.30. The number of aryl methyl sites for hydroxylation is 2. The largest absolute Gasteiger partial charge is 0.339 e. The molecule has 4 aromatic rings. The highest BCUT2D eigenvalue weighted by Gasteiger charge is 2.17. The van der Waals surface area contributed by atoms with Crippen LogP contribution in [0.1, 0.15) is 26.9 Å². The van der Waals surface area contributed by atoms with Crippen molar-refractivity contribution < 1.29 is 9.59 Å². The van der Waals surface area contributed by atoms with Crippen LogP contribution in [-0.2, 0) is 11.3 Å². The maximum Gasteiger partial charge on any atom is 0.290 e. The molecule has 4 rings (SSSR count). The zero-order valence-electron chi connectivity index (χ0n) is 17.1. The van der Waals surface area contributed by atoms with Crippen LogP contribution >= 0.6 is 11.3 Å². The highest BCUT2D eigenvalue weighted by atomic mass is 32.1. The molecule has 3 aromatic heterocycles. The zero-order chi connectivity index (χ0) is 22.1. The molecule has 9 nitrogen and oxygen atoms in total. The van der Waals surface area contributed by atoms with Crippen molar-refractivity contribution in [3.05, 3.63) is 68.2 Å². The summed E-state index contributed by atoms with van der Waals surface area (Å²) in [5.74, 6) is -1.02. The van der Waals surface area contributed by atoms with Crippen molar-refractivity contribution in [2.45, 2.75) is 27.3 Å². The van der Waals surface area contributed by atoms with Crippen LogP contribution in [-0.4, -0.2) is 31.6 Å². The van der Waals surface area contributed by atoms with E-state index >= 15 is 0 Å². The van der Waals surface area contributed by atoms with Gasteiger partial charge >= 0.3 is 0 Å². The van der Waals surface area contributed by atoms with E-state index in [1.54, 1.807) is 35.6 Å². The summed E-state index contributed by atoms with van der Waals surface area (Å²) in [4.78, 5) is 41.4. The second-order valence-electron chi connectivity index (χ2n) is 7.07. The van der Waals surface area contributed by atoms with Gasteiger partial charge in [0.2, 0.25) is 0 Å². The molecule has 0 unspecified atom stereocenters. The van der Waals surface area contributed by atoms with Crippen molar-refractivity contribution >= 4 is 33.9 Å². The number of aromatic nitrogens is 4. The summed E-state index contributed by atoms with van der Waals surface area (Å²) in [6.07, 6.45) is 0. The number of carbonyl (C=O) groups excluding carboxylic acids is 2. The van der Waals surface area contributed by atoms with Crippen LogP contribution in [0.3, 0.4) is 0 Å². The van der Waals surface area contributed by atoms with Gasteiger partial charge in [0.1, 0.15) is 6.54 Å². The van der Waals surface area contributed by atoms with E-state index in [0.717, 1.165) is 27.7 Å². The van der Waals surface area contributed by atoms with Crippen molar-refractivity contribution in [1.82, 2.24) is 30.6 Å². The van der Waals surface area contributed by atoms with Crippen LogP contribution in [0.15, 0.2) is 40.5 Å². The van der Waals surface area contributed by atoms with E-state index in [1.807, 2.05) is 36.8 Å². The van der Waals surface area contributed by atoms with Gasteiger partial charge in [-0.05, 0) is 32.9 Å². The summed E-state index contributed by atoms with van der Waals surface area (Å²) in [5.41, 5.74) is 8.09. The molecule has 0 atom stereocenters. The Morgan fingerprint density at radius 1 is 1.13 bits per heavy atom. The van der Waals surface area contributed by atoms with E-state index in [0.29, 0.717) is 10.8 Å². The van der Waals surface area contributed by atoms with Gasteiger partial charge in [-0.2, -0.15) is 5.10 Å². The number of fused-ring (bicyclic) bond motifs is 1. The third-order valence-corrected chi connectivity index (χ3v) is 5.77. The van der Waals surface area contributed by atoms with Gasteiger partial charge in [-0.3, -0.25) is 25.2 Å². The monoisotopic (exact) mass is 436 g/mol. The van der Waals surface area contributed by atoms with Gasteiger partial charge in [0.25, 0.3) is 17.4 Å². The summed E-state index contributed by atoms with van der Waals surface area (Å²) in [7, 11) is 0. The Hall–Kier alpha value is -3.79. The van der Waals surface area contributed by atoms with E-state index in [2.05, 4.69) is 26.0 Å². The summed E-state index contributed by atoms with van der Waals surface area (Å²) in [6.45, 7) is 5.82. The number of H-pyrrole nitrogens is 1. The summed E-state index contributed by atoms with van der Waals surface area (Å²) < 4.78 is 1.86. The van der Waals surface area contributed by atoms with E-state index < -0.39 is 11.8 Å². The molecule has 31 heavy (non-hydrogen) atoms. The lowest BCUT2D eigenvalue weighted by atomic mass is 10.1. The minimum atomic E-state index is -0.625. The van der Waals surface area contributed by atoms with Gasteiger partial charge in [0, 0.05) is 27.7 Å². The first-order valence-corrected chi connectivity index (χ1v) is 10.4. The molecule has 0 spiro atoms. The second-order valence-corrected chi connectivity index (χ2v) is 8.13. The predicted octanol–water partition coefficient (Wildman–Crippen LogP) is 2.23. The van der Waals surface area contributed by atoms with Crippen LogP contribution in [0.4, 0.5) is 0 Å². The lowest BCUT2D eigenvalue weighted by molar-refractivity contribution is -0.122. The highest BCUT2D eigenvalue weighted by Crippen LogP contribution is 2.27. The van der Waals surface area contributed by atoms with Crippen LogP contribution in [0.5, 0.6) is 0 Å². The molecule has 158 valence electrons. The third kappa shape index (κ3) is 3.97. The standard InChI is InChI=1S/C21H20N6O3S/c1-11-8-16(17-10-31-13(3)22-17)12(2)27(11)9-18(28)23-26-21(30)19-14-6-4-5-7-15(14)20(29)25-24-19/h4-8,10H,9H2,1-3H3,(H,23,28)(H,25,29)(H,26,30). The van der Waals surface area contributed by atoms with E-state index in [-0.39, 0.29) is 17.8 Å². The second kappa shape index (κ2) is 8.15. The predicted molar refractivity (Wildman–Crippen MR) is 118 cm³/mol. The van der Waals surface area contributed by atoms with Crippen molar-refractivity contribution in [2.75, 3.05) is 0 Å². The first-order chi connectivity index (χ1) is 14.8. The third-order valence-electron chi connectivity index (χ3n) is 5.00. The minimum Gasteiger partial charge on any atom is -0.339 e. The van der Waals surface area contributed by atoms with Crippen LogP contribution in [0.2, 0.25) is 0 Å². The molecule has 0 radical (unpaired) electrons.